The molecule has 1 aliphatic rings. The number of carbonyl (C=O) groups is 1. The Balaban J connectivity index is 2.26. The van der Waals surface area contributed by atoms with E-state index in [1.165, 1.54) is 5.57 Å². The van der Waals surface area contributed by atoms with Gasteiger partial charge in [-0.2, -0.15) is 5.10 Å². The summed E-state index contributed by atoms with van der Waals surface area (Å²) in [7, 11) is 1.75. The summed E-state index contributed by atoms with van der Waals surface area (Å²) < 4.78 is 1.57. The number of hydrogen-bond acceptors (Lipinski definition) is 3. The quantitative estimate of drug-likeness (QED) is 0.740. The summed E-state index contributed by atoms with van der Waals surface area (Å²) in [6.07, 6.45) is 3.02. The number of aryl methyl sites for hydroxylation is 2. The number of amides is 1. The van der Waals surface area contributed by atoms with Gasteiger partial charge in [-0.25, -0.2) is 0 Å². The fourth-order valence-corrected chi connectivity index (χ4v) is 2.03. The van der Waals surface area contributed by atoms with Crippen molar-refractivity contribution in [2.24, 2.45) is 7.05 Å². The average molecular weight is 234 g/mol. The molecule has 92 valence electrons. The Morgan fingerprint density at radius 3 is 2.65 bits per heavy atom. The number of carbonyl (C=O) groups excluding carboxylic acids is 1. The molecule has 5 heteroatoms. The second-order valence-electron chi connectivity index (χ2n) is 4.52. The third kappa shape index (κ3) is 2.05. The summed E-state index contributed by atoms with van der Waals surface area (Å²) in [5.41, 5.74) is 8.92. The SMILES string of the molecule is CC1=CCN(C(=O)c2c(N)c(C)nn2C)CC1. The predicted octanol–water partition coefficient (Wildman–Crippen LogP) is 1.10. The molecule has 17 heavy (non-hydrogen) atoms. The molecular formula is C12H18N4O. The first kappa shape index (κ1) is 11.7. The molecule has 0 fully saturated rings. The zero-order valence-corrected chi connectivity index (χ0v) is 10.5. The van der Waals surface area contributed by atoms with Crippen LogP contribution in [-0.4, -0.2) is 33.7 Å². The zero-order valence-electron chi connectivity index (χ0n) is 10.5. The highest BCUT2D eigenvalue weighted by molar-refractivity contribution is 5.98. The van der Waals surface area contributed by atoms with Crippen LogP contribution in [-0.2, 0) is 7.05 Å². The van der Waals surface area contributed by atoms with E-state index in [1.54, 1.807) is 16.6 Å². The maximum atomic E-state index is 12.3. The van der Waals surface area contributed by atoms with Gasteiger partial charge in [0.05, 0.1) is 11.4 Å². The summed E-state index contributed by atoms with van der Waals surface area (Å²) in [5.74, 6) is -0.0330. The molecule has 1 aromatic rings. The van der Waals surface area contributed by atoms with Crippen LogP contribution in [0.1, 0.15) is 29.5 Å². The van der Waals surface area contributed by atoms with Crippen LogP contribution >= 0.6 is 0 Å². The summed E-state index contributed by atoms with van der Waals surface area (Å²) in [5, 5.41) is 4.17. The molecule has 2 N–H and O–H groups in total. The van der Waals surface area contributed by atoms with E-state index in [-0.39, 0.29) is 5.91 Å². The molecule has 0 bridgehead atoms. The number of nitrogens with two attached hydrogens (primary N) is 1. The maximum absolute atomic E-state index is 12.3. The second kappa shape index (κ2) is 4.24. The molecule has 0 saturated carbocycles. The van der Waals surface area contributed by atoms with Gasteiger partial charge in [-0.15, -0.1) is 0 Å². The van der Waals surface area contributed by atoms with Gasteiger partial charge < -0.3 is 10.6 Å². The first-order valence-corrected chi connectivity index (χ1v) is 5.74. The molecule has 5 nitrogen and oxygen atoms in total. The fraction of sp³-hybridized carbons (Fsp3) is 0.500. The van der Waals surface area contributed by atoms with Gasteiger partial charge in [0.2, 0.25) is 0 Å². The average Bonchev–Trinajstić information content (AvgIpc) is 2.53. The minimum absolute atomic E-state index is 0.0330. The molecular weight excluding hydrogens is 216 g/mol. The van der Waals surface area contributed by atoms with Gasteiger partial charge in [0.1, 0.15) is 5.69 Å². The smallest absolute Gasteiger partial charge is 0.274 e. The molecule has 0 radical (unpaired) electrons. The summed E-state index contributed by atoms with van der Waals surface area (Å²) >= 11 is 0. The molecule has 0 unspecified atom stereocenters. The van der Waals surface area contributed by atoms with Gasteiger partial charge in [0.15, 0.2) is 0 Å². The van der Waals surface area contributed by atoms with Gasteiger partial charge in [0.25, 0.3) is 5.91 Å². The Morgan fingerprint density at radius 1 is 1.47 bits per heavy atom. The molecule has 0 aliphatic carbocycles. The van der Waals surface area contributed by atoms with Crippen LogP contribution in [0.25, 0.3) is 0 Å². The Hall–Kier alpha value is -1.78. The highest BCUT2D eigenvalue weighted by atomic mass is 16.2. The monoisotopic (exact) mass is 234 g/mol. The molecule has 2 rings (SSSR count). The topological polar surface area (TPSA) is 64.2 Å². The van der Waals surface area contributed by atoms with E-state index in [9.17, 15) is 4.79 Å². The number of nitrogens with zero attached hydrogens (tertiary/aromatic N) is 3. The number of anilines is 1. The van der Waals surface area contributed by atoms with E-state index in [0.717, 1.165) is 13.0 Å². The van der Waals surface area contributed by atoms with Crippen LogP contribution in [0, 0.1) is 6.92 Å². The molecule has 0 atom stereocenters. The lowest BCUT2D eigenvalue weighted by atomic mass is 10.1. The fourth-order valence-electron chi connectivity index (χ4n) is 2.03. The van der Waals surface area contributed by atoms with Crippen LogP contribution in [0.3, 0.4) is 0 Å². The molecule has 1 aliphatic heterocycles. The van der Waals surface area contributed by atoms with Gasteiger partial charge in [-0.3, -0.25) is 9.48 Å². The minimum atomic E-state index is -0.0330. The molecule has 0 saturated heterocycles. The summed E-state index contributed by atoms with van der Waals surface area (Å²) in [6, 6.07) is 0. The van der Waals surface area contributed by atoms with Crippen molar-refractivity contribution < 1.29 is 4.79 Å². The molecule has 0 spiro atoms. The van der Waals surface area contributed by atoms with Gasteiger partial charge >= 0.3 is 0 Å². The number of aromatic nitrogens is 2. The predicted molar refractivity (Wildman–Crippen MR) is 66.6 cm³/mol. The van der Waals surface area contributed by atoms with Gasteiger partial charge in [-0.05, 0) is 20.3 Å². The first-order valence-electron chi connectivity index (χ1n) is 5.74. The highest BCUT2D eigenvalue weighted by Crippen LogP contribution is 2.19. The Labute approximate surface area is 101 Å². The van der Waals surface area contributed by atoms with E-state index < -0.39 is 0 Å². The first-order chi connectivity index (χ1) is 8.00. The maximum Gasteiger partial charge on any atom is 0.274 e. The van der Waals surface area contributed by atoms with E-state index in [2.05, 4.69) is 18.1 Å². The Morgan fingerprint density at radius 2 is 2.18 bits per heavy atom. The van der Waals surface area contributed by atoms with Crippen molar-refractivity contribution in [1.82, 2.24) is 14.7 Å². The number of rotatable bonds is 1. The number of hydrogen-bond donors (Lipinski definition) is 1. The summed E-state index contributed by atoms with van der Waals surface area (Å²) in [4.78, 5) is 14.1. The highest BCUT2D eigenvalue weighted by Gasteiger charge is 2.24. The van der Waals surface area contributed by atoms with Crippen molar-refractivity contribution in [2.75, 3.05) is 18.8 Å². The van der Waals surface area contributed by atoms with Crippen molar-refractivity contribution in [3.05, 3.63) is 23.0 Å². The Bertz CT molecular complexity index is 487. The lowest BCUT2D eigenvalue weighted by Gasteiger charge is -2.25. The Kier molecular flexibility index (Phi) is 2.92. The summed E-state index contributed by atoms with van der Waals surface area (Å²) in [6.45, 7) is 5.32. The second-order valence-corrected chi connectivity index (χ2v) is 4.52. The third-order valence-electron chi connectivity index (χ3n) is 3.19. The van der Waals surface area contributed by atoms with Crippen LogP contribution in [0.2, 0.25) is 0 Å². The van der Waals surface area contributed by atoms with E-state index in [0.29, 0.717) is 23.6 Å². The standard InChI is InChI=1S/C12H18N4O/c1-8-4-6-16(7-5-8)12(17)11-10(13)9(2)14-15(11)3/h4H,5-7,13H2,1-3H3. The van der Waals surface area contributed by atoms with Crippen molar-refractivity contribution in [1.29, 1.82) is 0 Å². The van der Waals surface area contributed by atoms with Crippen molar-refractivity contribution in [3.63, 3.8) is 0 Å². The minimum Gasteiger partial charge on any atom is -0.395 e. The number of nitrogen functional groups attached to an aromatic ring is 1. The van der Waals surface area contributed by atoms with Crippen molar-refractivity contribution in [2.45, 2.75) is 20.3 Å². The van der Waals surface area contributed by atoms with E-state index >= 15 is 0 Å². The normalized spacial score (nSPS) is 15.9. The van der Waals surface area contributed by atoms with Crippen LogP contribution in [0.15, 0.2) is 11.6 Å². The van der Waals surface area contributed by atoms with E-state index in [1.807, 2.05) is 6.92 Å². The van der Waals surface area contributed by atoms with E-state index in [4.69, 9.17) is 5.73 Å². The largest absolute Gasteiger partial charge is 0.395 e. The molecule has 2 heterocycles. The third-order valence-corrected chi connectivity index (χ3v) is 3.19. The zero-order chi connectivity index (χ0) is 12.6. The van der Waals surface area contributed by atoms with Crippen LogP contribution < -0.4 is 5.73 Å². The molecule has 0 aromatic carbocycles. The van der Waals surface area contributed by atoms with Crippen LogP contribution in [0.4, 0.5) is 5.69 Å². The molecule has 1 amide bonds. The molecule has 1 aromatic heterocycles. The lowest BCUT2D eigenvalue weighted by Crippen LogP contribution is -2.36. The van der Waals surface area contributed by atoms with Crippen molar-refractivity contribution >= 4 is 11.6 Å². The van der Waals surface area contributed by atoms with Crippen molar-refractivity contribution in [3.8, 4) is 0 Å². The van der Waals surface area contributed by atoms with Gasteiger partial charge in [0, 0.05) is 20.1 Å². The van der Waals surface area contributed by atoms with Gasteiger partial charge in [-0.1, -0.05) is 11.6 Å². The lowest BCUT2D eigenvalue weighted by molar-refractivity contribution is 0.0759. The van der Waals surface area contributed by atoms with Crippen LogP contribution in [0.5, 0.6) is 0 Å².